The molecule has 7 heteroatoms. The molecule has 0 spiro atoms. The van der Waals surface area contributed by atoms with Crippen molar-refractivity contribution in [2.24, 2.45) is 0 Å². The van der Waals surface area contributed by atoms with E-state index in [1.807, 2.05) is 13.8 Å². The molecular weight excluding hydrogens is 369 g/mol. The Hall–Kier alpha value is -2.86. The number of nitrogens with one attached hydrogen (secondary N) is 2. The van der Waals surface area contributed by atoms with Crippen LogP contribution < -0.4 is 5.32 Å². The normalized spacial score (nSPS) is 11.4. The van der Waals surface area contributed by atoms with Crippen molar-refractivity contribution in [3.8, 4) is 0 Å². The summed E-state index contributed by atoms with van der Waals surface area (Å²) >= 11 is 5.92. The van der Waals surface area contributed by atoms with Crippen molar-refractivity contribution in [1.29, 1.82) is 0 Å². The van der Waals surface area contributed by atoms with E-state index >= 15 is 0 Å². The van der Waals surface area contributed by atoms with E-state index in [9.17, 15) is 9.18 Å². The van der Waals surface area contributed by atoms with Crippen LogP contribution in [0.25, 0.3) is 22.0 Å². The maximum atomic E-state index is 14.0. The Bertz CT molecular complexity index is 1180. The van der Waals surface area contributed by atoms with Crippen molar-refractivity contribution in [2.75, 3.05) is 6.54 Å². The van der Waals surface area contributed by atoms with Gasteiger partial charge >= 0.3 is 5.91 Å². The van der Waals surface area contributed by atoms with Gasteiger partial charge in [0.2, 0.25) is 0 Å². The summed E-state index contributed by atoms with van der Waals surface area (Å²) in [5.74, 6) is -0.688. The third-order valence-electron chi connectivity index (χ3n) is 4.64. The molecule has 2 heterocycles. The number of benzene rings is 2. The summed E-state index contributed by atoms with van der Waals surface area (Å²) in [4.78, 5) is 19.6. The van der Waals surface area contributed by atoms with Gasteiger partial charge in [0.25, 0.3) is 5.89 Å². The lowest BCUT2D eigenvalue weighted by Gasteiger charge is -2.05. The van der Waals surface area contributed by atoms with Crippen molar-refractivity contribution >= 4 is 39.5 Å². The maximum Gasteiger partial charge on any atom is 0.307 e. The van der Waals surface area contributed by atoms with Crippen LogP contribution in [0, 0.1) is 19.7 Å². The maximum absolute atomic E-state index is 14.0. The summed E-state index contributed by atoms with van der Waals surface area (Å²) < 4.78 is 19.5. The van der Waals surface area contributed by atoms with Gasteiger partial charge in [0, 0.05) is 28.7 Å². The molecule has 27 heavy (non-hydrogen) atoms. The van der Waals surface area contributed by atoms with E-state index in [1.54, 1.807) is 24.3 Å². The molecule has 0 fully saturated rings. The molecule has 0 aliphatic carbocycles. The fourth-order valence-corrected chi connectivity index (χ4v) is 3.49. The second-order valence-corrected chi connectivity index (χ2v) is 6.92. The molecule has 0 aliphatic rings. The number of carbonyl (C=O) groups excluding carboxylic acids is 1. The standard InChI is InChI=1S/C20H17ClFN3O2/c1-10-3-5-14(22)18-17(10)13(11(2)24-18)7-8-23-19(26)20-25-15-6-4-12(21)9-16(15)27-20/h3-6,9,24H,7-8H2,1-2H3,(H,23,26). The molecule has 0 saturated carbocycles. The third kappa shape index (κ3) is 3.17. The molecule has 0 bridgehead atoms. The molecule has 2 aromatic carbocycles. The van der Waals surface area contributed by atoms with Gasteiger partial charge in [-0.05, 0) is 49.6 Å². The highest BCUT2D eigenvalue weighted by Crippen LogP contribution is 2.28. The SMILES string of the molecule is Cc1[nH]c2c(F)ccc(C)c2c1CCNC(=O)c1nc2ccc(Cl)cc2o1. The first kappa shape index (κ1) is 17.5. The lowest BCUT2D eigenvalue weighted by Crippen LogP contribution is -2.26. The number of aromatic nitrogens is 2. The van der Waals surface area contributed by atoms with Crippen LogP contribution in [-0.2, 0) is 6.42 Å². The number of carbonyl (C=O) groups is 1. The average Bonchev–Trinajstić information content (AvgIpc) is 3.20. The van der Waals surface area contributed by atoms with Crippen LogP contribution in [0.1, 0.15) is 27.5 Å². The number of aromatic amines is 1. The van der Waals surface area contributed by atoms with E-state index in [4.69, 9.17) is 16.0 Å². The number of hydrogen-bond acceptors (Lipinski definition) is 3. The summed E-state index contributed by atoms with van der Waals surface area (Å²) in [6.45, 7) is 4.23. The average molecular weight is 386 g/mol. The second kappa shape index (κ2) is 6.70. The van der Waals surface area contributed by atoms with Crippen LogP contribution in [0.4, 0.5) is 4.39 Å². The molecule has 0 saturated heterocycles. The fourth-order valence-electron chi connectivity index (χ4n) is 3.33. The van der Waals surface area contributed by atoms with E-state index in [0.29, 0.717) is 34.6 Å². The lowest BCUT2D eigenvalue weighted by molar-refractivity contribution is 0.0922. The Morgan fingerprint density at radius 3 is 2.93 bits per heavy atom. The number of halogens is 2. The highest BCUT2D eigenvalue weighted by atomic mass is 35.5. The monoisotopic (exact) mass is 385 g/mol. The van der Waals surface area contributed by atoms with Crippen molar-refractivity contribution in [1.82, 2.24) is 15.3 Å². The molecule has 5 nitrogen and oxygen atoms in total. The Morgan fingerprint density at radius 2 is 2.11 bits per heavy atom. The van der Waals surface area contributed by atoms with Gasteiger partial charge in [-0.25, -0.2) is 9.37 Å². The zero-order valence-corrected chi connectivity index (χ0v) is 15.6. The van der Waals surface area contributed by atoms with Gasteiger partial charge in [-0.2, -0.15) is 0 Å². The van der Waals surface area contributed by atoms with Gasteiger partial charge in [-0.1, -0.05) is 17.7 Å². The Kier molecular flexibility index (Phi) is 4.36. The van der Waals surface area contributed by atoms with Crippen LogP contribution in [0.2, 0.25) is 5.02 Å². The van der Waals surface area contributed by atoms with Crippen LogP contribution in [0.3, 0.4) is 0 Å². The van der Waals surface area contributed by atoms with Gasteiger partial charge in [0.05, 0.1) is 5.52 Å². The number of rotatable bonds is 4. The van der Waals surface area contributed by atoms with Gasteiger partial charge < -0.3 is 14.7 Å². The number of nitrogens with zero attached hydrogens (tertiary/aromatic N) is 1. The minimum atomic E-state index is -0.400. The van der Waals surface area contributed by atoms with Gasteiger partial charge in [0.15, 0.2) is 5.58 Å². The van der Waals surface area contributed by atoms with Gasteiger partial charge in [-0.15, -0.1) is 0 Å². The third-order valence-corrected chi connectivity index (χ3v) is 4.87. The smallest absolute Gasteiger partial charge is 0.307 e. The molecule has 1 amide bonds. The molecular formula is C20H17ClFN3O2. The molecule has 0 aliphatic heterocycles. The molecule has 138 valence electrons. The molecule has 4 rings (SSSR count). The molecule has 2 N–H and O–H groups in total. The topological polar surface area (TPSA) is 70.9 Å². The first-order chi connectivity index (χ1) is 12.9. The number of fused-ring (bicyclic) bond motifs is 2. The summed E-state index contributed by atoms with van der Waals surface area (Å²) in [5.41, 5.74) is 4.42. The number of hydrogen-bond donors (Lipinski definition) is 2. The minimum Gasteiger partial charge on any atom is -0.432 e. The molecule has 0 unspecified atom stereocenters. The molecule has 0 radical (unpaired) electrons. The minimum absolute atomic E-state index is 0.00913. The van der Waals surface area contributed by atoms with E-state index < -0.39 is 5.91 Å². The fraction of sp³-hybridized carbons (Fsp3) is 0.200. The summed E-state index contributed by atoms with van der Waals surface area (Å²) in [6.07, 6.45) is 0.563. The zero-order chi connectivity index (χ0) is 19.1. The van der Waals surface area contributed by atoms with Crippen molar-refractivity contribution in [3.05, 3.63) is 63.9 Å². The Labute approximate surface area is 159 Å². The Morgan fingerprint density at radius 1 is 1.30 bits per heavy atom. The first-order valence-electron chi connectivity index (χ1n) is 8.54. The van der Waals surface area contributed by atoms with Crippen LogP contribution >= 0.6 is 11.6 Å². The molecule has 0 atom stereocenters. The van der Waals surface area contributed by atoms with Gasteiger partial charge in [0.1, 0.15) is 11.3 Å². The zero-order valence-electron chi connectivity index (χ0n) is 14.8. The second-order valence-electron chi connectivity index (χ2n) is 6.48. The summed E-state index contributed by atoms with van der Waals surface area (Å²) in [6, 6.07) is 8.22. The summed E-state index contributed by atoms with van der Waals surface area (Å²) in [7, 11) is 0. The van der Waals surface area contributed by atoms with Crippen LogP contribution in [0.5, 0.6) is 0 Å². The van der Waals surface area contributed by atoms with Crippen molar-refractivity contribution in [3.63, 3.8) is 0 Å². The number of oxazole rings is 1. The van der Waals surface area contributed by atoms with E-state index in [0.717, 1.165) is 22.2 Å². The Balaban J connectivity index is 1.51. The predicted molar refractivity (Wildman–Crippen MR) is 103 cm³/mol. The predicted octanol–water partition coefficient (Wildman–Crippen LogP) is 4.69. The first-order valence-corrected chi connectivity index (χ1v) is 8.92. The highest BCUT2D eigenvalue weighted by Gasteiger charge is 2.16. The quantitative estimate of drug-likeness (QED) is 0.535. The number of amides is 1. The number of aryl methyl sites for hydroxylation is 2. The summed E-state index contributed by atoms with van der Waals surface area (Å²) in [5, 5.41) is 4.19. The molecule has 2 aromatic heterocycles. The van der Waals surface area contributed by atoms with Crippen LogP contribution in [-0.4, -0.2) is 22.4 Å². The van der Waals surface area contributed by atoms with Gasteiger partial charge in [-0.3, -0.25) is 4.79 Å². The largest absolute Gasteiger partial charge is 0.432 e. The van der Waals surface area contributed by atoms with E-state index in [2.05, 4.69) is 15.3 Å². The van der Waals surface area contributed by atoms with Crippen LogP contribution in [0.15, 0.2) is 34.7 Å². The highest BCUT2D eigenvalue weighted by molar-refractivity contribution is 6.31. The number of H-pyrrole nitrogens is 1. The van der Waals surface area contributed by atoms with E-state index in [1.165, 1.54) is 6.07 Å². The molecule has 4 aromatic rings. The lowest BCUT2D eigenvalue weighted by atomic mass is 10.0. The van der Waals surface area contributed by atoms with Crippen molar-refractivity contribution in [2.45, 2.75) is 20.3 Å². The van der Waals surface area contributed by atoms with E-state index in [-0.39, 0.29) is 11.7 Å². The van der Waals surface area contributed by atoms with Crippen molar-refractivity contribution < 1.29 is 13.6 Å².